The van der Waals surface area contributed by atoms with E-state index in [4.69, 9.17) is 4.74 Å². The predicted molar refractivity (Wildman–Crippen MR) is 22.4 cm³/mol. The van der Waals surface area contributed by atoms with Gasteiger partial charge in [0.25, 0.3) is 0 Å². The van der Waals surface area contributed by atoms with Crippen LogP contribution in [0.4, 0.5) is 0 Å². The summed E-state index contributed by atoms with van der Waals surface area (Å²) in [5, 5.41) is 0. The summed E-state index contributed by atoms with van der Waals surface area (Å²) < 4.78 is 5.10. The number of fused-ring (bicyclic) bond motifs is 1. The van der Waals surface area contributed by atoms with E-state index in [1.807, 2.05) is 0 Å². The maximum Gasteiger partial charge on any atom is 0.114 e. The Kier molecular flexibility index (Phi) is 0.220. The molecule has 2 rings (SSSR count). The lowest BCUT2D eigenvalue weighted by Gasteiger charge is -2.00. The monoisotopic (exact) mass is 82.0 g/mol. The summed E-state index contributed by atoms with van der Waals surface area (Å²) >= 11 is 0. The van der Waals surface area contributed by atoms with Gasteiger partial charge in [-0.2, -0.15) is 0 Å². The molecule has 0 aromatic heterocycles. The molecule has 2 aliphatic rings. The molecule has 2 unspecified atom stereocenters. The van der Waals surface area contributed by atoms with Crippen LogP contribution in [0.3, 0.4) is 0 Å². The minimum Gasteiger partial charge on any atom is -0.357 e. The summed E-state index contributed by atoms with van der Waals surface area (Å²) in [5.41, 5.74) is 0.208. The van der Waals surface area contributed by atoms with Crippen molar-refractivity contribution in [2.45, 2.75) is 18.6 Å². The first-order valence-electron chi connectivity index (χ1n) is 2.18. The summed E-state index contributed by atoms with van der Waals surface area (Å²) in [7, 11) is 0. The van der Waals surface area contributed by atoms with E-state index in [1.54, 1.807) is 0 Å². The number of hydrogen-bond acceptors (Lipinski definition) is 1. The van der Waals surface area contributed by atoms with Crippen LogP contribution < -0.4 is 0 Å². The van der Waals surface area contributed by atoms with Gasteiger partial charge in [-0.1, -0.05) is 12.2 Å². The lowest BCUT2D eigenvalue weighted by Crippen LogP contribution is -2.11. The van der Waals surface area contributed by atoms with Crippen molar-refractivity contribution < 1.29 is 4.74 Å². The fourth-order valence-corrected chi connectivity index (χ4v) is 0.764. The van der Waals surface area contributed by atoms with E-state index in [2.05, 4.69) is 19.1 Å². The first-order chi connectivity index (χ1) is 2.81. The third-order valence-corrected chi connectivity index (χ3v) is 1.49. The topological polar surface area (TPSA) is 12.5 Å². The fraction of sp³-hybridized carbons (Fsp3) is 0.600. The van der Waals surface area contributed by atoms with Crippen LogP contribution in [0, 0.1) is 0 Å². The average Bonchev–Trinajstić information content (AvgIpc) is 1.88. The minimum atomic E-state index is 0.208. The van der Waals surface area contributed by atoms with Crippen LogP contribution in [0.2, 0.25) is 0 Å². The van der Waals surface area contributed by atoms with Crippen LogP contribution in [0.5, 0.6) is 0 Å². The van der Waals surface area contributed by atoms with E-state index in [0.717, 1.165) is 0 Å². The summed E-state index contributed by atoms with van der Waals surface area (Å²) in [6.45, 7) is 2.09. The normalized spacial score (nSPS) is 59.8. The molecule has 6 heavy (non-hydrogen) atoms. The molecule has 1 aliphatic heterocycles. The molecular formula is C5H6O. The zero-order valence-electron chi connectivity index (χ0n) is 3.64. The highest BCUT2D eigenvalue weighted by Gasteiger charge is 2.54. The molecule has 0 saturated carbocycles. The number of ether oxygens (including phenoxy) is 1. The zero-order valence-corrected chi connectivity index (χ0v) is 3.64. The molecule has 1 heterocycles. The molecule has 0 radical (unpaired) electrons. The van der Waals surface area contributed by atoms with Crippen LogP contribution in [0.25, 0.3) is 0 Å². The van der Waals surface area contributed by atoms with Crippen molar-refractivity contribution in [2.24, 2.45) is 0 Å². The number of epoxide rings is 1. The van der Waals surface area contributed by atoms with Crippen molar-refractivity contribution in [3.8, 4) is 0 Å². The van der Waals surface area contributed by atoms with E-state index >= 15 is 0 Å². The molecule has 32 valence electrons. The van der Waals surface area contributed by atoms with Gasteiger partial charge in [0.1, 0.15) is 11.7 Å². The highest BCUT2D eigenvalue weighted by Crippen LogP contribution is 2.45. The first-order valence-corrected chi connectivity index (χ1v) is 2.18. The van der Waals surface area contributed by atoms with Gasteiger partial charge < -0.3 is 4.74 Å². The van der Waals surface area contributed by atoms with Gasteiger partial charge in [-0.25, -0.2) is 0 Å². The standard InChI is InChI=1S/C5H6O/c1-5-3-2-4(5)6-5/h2-4H,1H3. The third kappa shape index (κ3) is 0.125. The second-order valence-electron chi connectivity index (χ2n) is 2.08. The quantitative estimate of drug-likeness (QED) is 0.310. The Hall–Kier alpha value is -0.300. The van der Waals surface area contributed by atoms with Crippen LogP contribution in [-0.4, -0.2) is 11.7 Å². The van der Waals surface area contributed by atoms with E-state index in [0.29, 0.717) is 6.10 Å². The summed E-state index contributed by atoms with van der Waals surface area (Å²) in [5.74, 6) is 0. The fourth-order valence-electron chi connectivity index (χ4n) is 0.764. The van der Waals surface area contributed by atoms with E-state index in [-0.39, 0.29) is 5.60 Å². The molecule has 1 fully saturated rings. The van der Waals surface area contributed by atoms with Crippen molar-refractivity contribution in [3.63, 3.8) is 0 Å². The van der Waals surface area contributed by atoms with Crippen LogP contribution in [0.1, 0.15) is 6.92 Å². The maximum atomic E-state index is 5.10. The lowest BCUT2D eigenvalue weighted by molar-refractivity contribution is 0.369. The van der Waals surface area contributed by atoms with E-state index in [1.165, 1.54) is 0 Å². The van der Waals surface area contributed by atoms with Crippen molar-refractivity contribution in [1.29, 1.82) is 0 Å². The number of hydrogen-bond donors (Lipinski definition) is 0. The van der Waals surface area contributed by atoms with E-state index in [9.17, 15) is 0 Å². The van der Waals surface area contributed by atoms with Crippen molar-refractivity contribution in [3.05, 3.63) is 12.2 Å². The second-order valence-corrected chi connectivity index (χ2v) is 2.08. The molecule has 1 aliphatic carbocycles. The second kappa shape index (κ2) is 0.470. The molecule has 0 aromatic rings. The molecular weight excluding hydrogens is 76.1 g/mol. The smallest absolute Gasteiger partial charge is 0.114 e. The molecule has 1 nitrogen and oxygen atoms in total. The van der Waals surface area contributed by atoms with Gasteiger partial charge >= 0.3 is 0 Å². The third-order valence-electron chi connectivity index (χ3n) is 1.49. The Morgan fingerprint density at radius 2 is 2.50 bits per heavy atom. The molecule has 2 atom stereocenters. The highest BCUT2D eigenvalue weighted by molar-refractivity contribution is 5.31. The highest BCUT2D eigenvalue weighted by atomic mass is 16.6. The molecule has 0 aromatic carbocycles. The van der Waals surface area contributed by atoms with Crippen LogP contribution in [-0.2, 0) is 4.74 Å². The summed E-state index contributed by atoms with van der Waals surface area (Å²) in [4.78, 5) is 0. The molecule has 0 amide bonds. The average molecular weight is 82.1 g/mol. The Balaban J connectivity index is 2.42. The van der Waals surface area contributed by atoms with E-state index < -0.39 is 0 Å². The van der Waals surface area contributed by atoms with Crippen LogP contribution >= 0.6 is 0 Å². The summed E-state index contributed by atoms with van der Waals surface area (Å²) in [6.07, 6.45) is 4.68. The summed E-state index contributed by atoms with van der Waals surface area (Å²) in [6, 6.07) is 0. The molecule has 1 saturated heterocycles. The Bertz CT molecular complexity index is 117. The maximum absolute atomic E-state index is 5.10. The van der Waals surface area contributed by atoms with Gasteiger partial charge in [0.15, 0.2) is 0 Å². The van der Waals surface area contributed by atoms with Crippen molar-refractivity contribution in [2.75, 3.05) is 0 Å². The molecule has 0 spiro atoms. The largest absolute Gasteiger partial charge is 0.357 e. The van der Waals surface area contributed by atoms with Crippen molar-refractivity contribution >= 4 is 0 Å². The Morgan fingerprint density at radius 1 is 1.83 bits per heavy atom. The zero-order chi connectivity index (χ0) is 4.20. The van der Waals surface area contributed by atoms with Gasteiger partial charge in [-0.15, -0.1) is 0 Å². The Morgan fingerprint density at radius 3 is 2.50 bits per heavy atom. The predicted octanol–water partition coefficient (Wildman–Crippen LogP) is 0.714. The SMILES string of the molecule is CC12C=CC1O2. The molecule has 1 heteroatoms. The number of rotatable bonds is 0. The van der Waals surface area contributed by atoms with Gasteiger partial charge in [0.2, 0.25) is 0 Å². The lowest BCUT2D eigenvalue weighted by atomic mass is 9.98. The Labute approximate surface area is 36.6 Å². The minimum absolute atomic E-state index is 0.208. The van der Waals surface area contributed by atoms with Gasteiger partial charge in [0.05, 0.1) is 0 Å². The van der Waals surface area contributed by atoms with Gasteiger partial charge in [0, 0.05) is 0 Å². The van der Waals surface area contributed by atoms with Gasteiger partial charge in [-0.3, -0.25) is 0 Å². The van der Waals surface area contributed by atoms with Crippen molar-refractivity contribution in [1.82, 2.24) is 0 Å². The van der Waals surface area contributed by atoms with Crippen LogP contribution in [0.15, 0.2) is 12.2 Å². The molecule has 0 N–H and O–H groups in total. The van der Waals surface area contributed by atoms with Gasteiger partial charge in [-0.05, 0) is 6.92 Å². The molecule has 0 bridgehead atoms. The first kappa shape index (κ1) is 2.80.